The Morgan fingerprint density at radius 3 is 2.52 bits per heavy atom. The minimum absolute atomic E-state index is 0.185. The highest BCUT2D eigenvalue weighted by Gasteiger charge is 2.20. The predicted octanol–water partition coefficient (Wildman–Crippen LogP) is 6.57. The molecule has 0 heteroatoms. The SMILES string of the molecule is CC=Cc1c(C)c(C)cc2c1C=CC(C)(CCCC)C=C2. The number of fused-ring (bicyclic) bond motifs is 1. The van der Waals surface area contributed by atoms with Crippen molar-refractivity contribution >= 4 is 18.2 Å². The summed E-state index contributed by atoms with van der Waals surface area (Å²) in [6.45, 7) is 11.1. The second-order valence-corrected chi connectivity index (χ2v) is 6.51. The fourth-order valence-corrected chi connectivity index (χ4v) is 3.03. The molecule has 21 heavy (non-hydrogen) atoms. The second kappa shape index (κ2) is 6.47. The number of unbranched alkanes of at least 4 members (excludes halogenated alkanes) is 1. The van der Waals surface area contributed by atoms with Gasteiger partial charge in [-0.25, -0.2) is 0 Å². The van der Waals surface area contributed by atoms with Crippen molar-refractivity contribution < 1.29 is 0 Å². The molecular weight excluding hydrogens is 252 g/mol. The summed E-state index contributed by atoms with van der Waals surface area (Å²) in [4.78, 5) is 0. The van der Waals surface area contributed by atoms with Crippen molar-refractivity contribution in [2.45, 2.75) is 53.9 Å². The molecule has 0 heterocycles. The van der Waals surface area contributed by atoms with E-state index in [0.29, 0.717) is 0 Å². The Hall–Kier alpha value is -1.56. The van der Waals surface area contributed by atoms with Gasteiger partial charge in [-0.3, -0.25) is 0 Å². The van der Waals surface area contributed by atoms with Crippen LogP contribution in [-0.4, -0.2) is 0 Å². The molecule has 0 nitrogen and oxygen atoms in total. The minimum Gasteiger partial charge on any atom is -0.0870 e. The van der Waals surface area contributed by atoms with Crippen molar-refractivity contribution in [2.24, 2.45) is 5.41 Å². The van der Waals surface area contributed by atoms with Crippen LogP contribution in [0, 0.1) is 19.3 Å². The molecule has 0 spiro atoms. The van der Waals surface area contributed by atoms with Gasteiger partial charge >= 0.3 is 0 Å². The highest BCUT2D eigenvalue weighted by molar-refractivity contribution is 5.78. The summed E-state index contributed by atoms with van der Waals surface area (Å²) in [6.07, 6.45) is 17.6. The van der Waals surface area contributed by atoms with Gasteiger partial charge in [-0.1, -0.05) is 69.2 Å². The average Bonchev–Trinajstić information content (AvgIpc) is 2.62. The standard InChI is InChI=1S/C21H28/c1-6-8-12-21(5)13-10-18-15-16(3)17(4)19(9-7-2)20(18)11-14-21/h7,9-11,13-15H,6,8,12H2,1-5H3. The number of rotatable bonds is 4. The Bertz CT molecular complexity index is 599. The van der Waals surface area contributed by atoms with Crippen molar-refractivity contribution in [3.8, 4) is 0 Å². The van der Waals surface area contributed by atoms with E-state index in [1.165, 1.54) is 47.1 Å². The van der Waals surface area contributed by atoms with Gasteiger partial charge in [-0.2, -0.15) is 0 Å². The fraction of sp³-hybridized carbons (Fsp3) is 0.429. The van der Waals surface area contributed by atoms with Crippen LogP contribution in [0.15, 0.2) is 24.3 Å². The topological polar surface area (TPSA) is 0 Å². The van der Waals surface area contributed by atoms with E-state index in [2.05, 4.69) is 77.1 Å². The first kappa shape index (κ1) is 15.8. The van der Waals surface area contributed by atoms with Crippen LogP contribution >= 0.6 is 0 Å². The van der Waals surface area contributed by atoms with Crippen LogP contribution in [0.2, 0.25) is 0 Å². The van der Waals surface area contributed by atoms with Crippen molar-refractivity contribution in [1.29, 1.82) is 0 Å². The third kappa shape index (κ3) is 3.37. The maximum Gasteiger partial charge on any atom is 0.00393 e. The van der Waals surface area contributed by atoms with Gasteiger partial charge in [0, 0.05) is 5.41 Å². The van der Waals surface area contributed by atoms with Crippen LogP contribution in [0.1, 0.15) is 67.9 Å². The van der Waals surface area contributed by atoms with Gasteiger partial charge in [0.2, 0.25) is 0 Å². The number of allylic oxidation sites excluding steroid dienone is 3. The summed E-state index contributed by atoms with van der Waals surface area (Å²) in [5.74, 6) is 0. The van der Waals surface area contributed by atoms with Gasteiger partial charge in [0.05, 0.1) is 0 Å². The Labute approximate surface area is 130 Å². The normalized spacial score (nSPS) is 20.8. The Morgan fingerprint density at radius 2 is 1.86 bits per heavy atom. The summed E-state index contributed by atoms with van der Waals surface area (Å²) >= 11 is 0. The number of aryl methyl sites for hydroxylation is 1. The molecule has 1 aliphatic rings. The zero-order chi connectivity index (χ0) is 15.5. The quantitative estimate of drug-likeness (QED) is 0.585. The van der Waals surface area contributed by atoms with E-state index in [9.17, 15) is 0 Å². The molecule has 0 saturated carbocycles. The van der Waals surface area contributed by atoms with Crippen LogP contribution < -0.4 is 0 Å². The van der Waals surface area contributed by atoms with Crippen molar-refractivity contribution in [2.75, 3.05) is 0 Å². The third-order valence-electron chi connectivity index (χ3n) is 4.65. The molecule has 1 aromatic rings. The number of hydrogen-bond acceptors (Lipinski definition) is 0. The molecule has 0 bridgehead atoms. The molecule has 0 amide bonds. The smallest absolute Gasteiger partial charge is 0.00393 e. The van der Waals surface area contributed by atoms with E-state index in [4.69, 9.17) is 0 Å². The maximum atomic E-state index is 2.40. The lowest BCUT2D eigenvalue weighted by molar-refractivity contribution is 0.479. The molecule has 0 radical (unpaired) electrons. The minimum atomic E-state index is 0.185. The molecule has 0 saturated heterocycles. The first-order valence-electron chi connectivity index (χ1n) is 8.16. The van der Waals surface area contributed by atoms with E-state index in [-0.39, 0.29) is 5.41 Å². The predicted molar refractivity (Wildman–Crippen MR) is 96.3 cm³/mol. The van der Waals surface area contributed by atoms with Crippen molar-refractivity contribution in [1.82, 2.24) is 0 Å². The van der Waals surface area contributed by atoms with E-state index < -0.39 is 0 Å². The first-order chi connectivity index (χ1) is 10.0. The van der Waals surface area contributed by atoms with E-state index in [1.807, 2.05) is 0 Å². The van der Waals surface area contributed by atoms with Crippen molar-refractivity contribution in [3.05, 3.63) is 52.1 Å². The average molecular weight is 280 g/mol. The van der Waals surface area contributed by atoms with Crippen LogP contribution in [-0.2, 0) is 0 Å². The second-order valence-electron chi connectivity index (χ2n) is 6.51. The van der Waals surface area contributed by atoms with Gasteiger partial charge in [-0.05, 0) is 55.0 Å². The largest absolute Gasteiger partial charge is 0.0870 e. The molecule has 0 aliphatic heterocycles. The molecule has 2 rings (SSSR count). The van der Waals surface area contributed by atoms with Gasteiger partial charge in [-0.15, -0.1) is 0 Å². The first-order valence-corrected chi connectivity index (χ1v) is 8.16. The van der Waals surface area contributed by atoms with Crippen LogP contribution in [0.5, 0.6) is 0 Å². The molecule has 1 aliphatic carbocycles. The summed E-state index contributed by atoms with van der Waals surface area (Å²) in [5, 5.41) is 0. The summed E-state index contributed by atoms with van der Waals surface area (Å²) in [6, 6.07) is 2.32. The third-order valence-corrected chi connectivity index (χ3v) is 4.65. The van der Waals surface area contributed by atoms with Crippen LogP contribution in [0.3, 0.4) is 0 Å². The van der Waals surface area contributed by atoms with Gasteiger partial charge in [0.15, 0.2) is 0 Å². The molecule has 1 atom stereocenters. The Balaban J connectivity index is 2.52. The molecule has 0 N–H and O–H groups in total. The highest BCUT2D eigenvalue weighted by atomic mass is 14.2. The molecule has 0 aromatic heterocycles. The van der Waals surface area contributed by atoms with Gasteiger partial charge in [0.25, 0.3) is 0 Å². The zero-order valence-corrected chi connectivity index (χ0v) is 14.2. The van der Waals surface area contributed by atoms with Gasteiger partial charge < -0.3 is 0 Å². The summed E-state index contributed by atoms with van der Waals surface area (Å²) < 4.78 is 0. The molecule has 0 fully saturated rings. The number of benzene rings is 1. The monoisotopic (exact) mass is 280 g/mol. The fourth-order valence-electron chi connectivity index (χ4n) is 3.03. The Morgan fingerprint density at radius 1 is 1.14 bits per heavy atom. The lowest BCUT2D eigenvalue weighted by Gasteiger charge is -2.20. The molecule has 112 valence electrons. The van der Waals surface area contributed by atoms with Crippen molar-refractivity contribution in [3.63, 3.8) is 0 Å². The van der Waals surface area contributed by atoms with Gasteiger partial charge in [0.1, 0.15) is 0 Å². The number of hydrogen-bond donors (Lipinski definition) is 0. The lowest BCUT2D eigenvalue weighted by atomic mass is 9.84. The molecule has 1 unspecified atom stereocenters. The molecular formula is C21H28. The summed E-state index contributed by atoms with van der Waals surface area (Å²) in [7, 11) is 0. The Kier molecular flexibility index (Phi) is 4.88. The van der Waals surface area contributed by atoms with Crippen LogP contribution in [0.25, 0.3) is 18.2 Å². The zero-order valence-electron chi connectivity index (χ0n) is 14.2. The van der Waals surface area contributed by atoms with Crippen LogP contribution in [0.4, 0.5) is 0 Å². The van der Waals surface area contributed by atoms with E-state index in [0.717, 1.165) is 0 Å². The molecule has 1 aromatic carbocycles. The maximum absolute atomic E-state index is 2.40. The van der Waals surface area contributed by atoms with E-state index >= 15 is 0 Å². The summed E-state index contributed by atoms with van der Waals surface area (Å²) in [5.41, 5.74) is 7.03. The lowest BCUT2D eigenvalue weighted by Crippen LogP contribution is -2.08. The highest BCUT2D eigenvalue weighted by Crippen LogP contribution is 2.35. The van der Waals surface area contributed by atoms with E-state index in [1.54, 1.807) is 0 Å².